The molecule has 0 radical (unpaired) electrons. The van der Waals surface area contributed by atoms with Crippen molar-refractivity contribution in [1.29, 1.82) is 0 Å². The molecule has 3 unspecified atom stereocenters. The Bertz CT molecular complexity index is 438. The molecule has 1 fully saturated rings. The van der Waals surface area contributed by atoms with Crippen molar-refractivity contribution in [3.8, 4) is 0 Å². The Balaban J connectivity index is 1.99. The van der Waals surface area contributed by atoms with E-state index in [-0.39, 0.29) is 11.1 Å². The second-order valence-corrected chi connectivity index (χ2v) is 6.93. The van der Waals surface area contributed by atoms with E-state index >= 15 is 0 Å². The molecule has 0 spiro atoms. The third kappa shape index (κ3) is 4.11. The Kier molecular flexibility index (Phi) is 5.52. The topological polar surface area (TPSA) is 29.1 Å². The van der Waals surface area contributed by atoms with Crippen LogP contribution < -0.4 is 5.32 Å². The summed E-state index contributed by atoms with van der Waals surface area (Å²) in [6, 6.07) is 6.67. The molecule has 1 N–H and O–H groups in total. The van der Waals surface area contributed by atoms with Crippen molar-refractivity contribution in [2.45, 2.75) is 55.2 Å². The minimum absolute atomic E-state index is 0.157. The van der Waals surface area contributed by atoms with Gasteiger partial charge in [0.1, 0.15) is 5.82 Å². The zero-order valence-corrected chi connectivity index (χ0v) is 12.2. The molecule has 19 heavy (non-hydrogen) atoms. The fraction of sp³-hybridized carbons (Fsp3) is 0.600. The van der Waals surface area contributed by atoms with Crippen LogP contribution in [0.2, 0.25) is 0 Å². The first kappa shape index (κ1) is 14.7. The molecule has 0 bridgehead atoms. The average molecular weight is 283 g/mol. The number of benzene rings is 1. The van der Waals surface area contributed by atoms with Gasteiger partial charge in [-0.15, -0.1) is 0 Å². The fourth-order valence-electron chi connectivity index (χ4n) is 2.66. The van der Waals surface area contributed by atoms with Gasteiger partial charge in [-0.1, -0.05) is 19.4 Å². The Labute approximate surface area is 117 Å². The summed E-state index contributed by atoms with van der Waals surface area (Å²) in [6.07, 6.45) is 5.30. The van der Waals surface area contributed by atoms with Crippen LogP contribution in [0.1, 0.15) is 39.0 Å². The highest BCUT2D eigenvalue weighted by atomic mass is 32.2. The van der Waals surface area contributed by atoms with Crippen LogP contribution in [-0.4, -0.2) is 22.0 Å². The van der Waals surface area contributed by atoms with E-state index in [2.05, 4.69) is 12.2 Å². The predicted molar refractivity (Wildman–Crippen MR) is 77.1 cm³/mol. The van der Waals surface area contributed by atoms with Gasteiger partial charge < -0.3 is 5.32 Å². The lowest BCUT2D eigenvalue weighted by molar-refractivity contribution is 0.377. The largest absolute Gasteiger partial charge is 0.314 e. The number of hydrogen-bond acceptors (Lipinski definition) is 2. The molecule has 1 aromatic rings. The van der Waals surface area contributed by atoms with Gasteiger partial charge in [0, 0.05) is 16.2 Å². The number of nitrogens with one attached hydrogen (secondary N) is 1. The third-order valence-electron chi connectivity index (χ3n) is 3.64. The quantitative estimate of drug-likeness (QED) is 0.899. The van der Waals surface area contributed by atoms with Crippen molar-refractivity contribution < 1.29 is 8.60 Å². The first-order chi connectivity index (χ1) is 9.20. The summed E-state index contributed by atoms with van der Waals surface area (Å²) in [7, 11) is -1.09. The van der Waals surface area contributed by atoms with Crippen LogP contribution in [0.25, 0.3) is 0 Å². The van der Waals surface area contributed by atoms with Crippen LogP contribution in [0, 0.1) is 5.82 Å². The highest BCUT2D eigenvalue weighted by Crippen LogP contribution is 2.26. The monoisotopic (exact) mass is 283 g/mol. The summed E-state index contributed by atoms with van der Waals surface area (Å²) in [4.78, 5) is 0.626. The van der Waals surface area contributed by atoms with Crippen molar-refractivity contribution in [3.05, 3.63) is 30.1 Å². The van der Waals surface area contributed by atoms with Crippen LogP contribution in [0.5, 0.6) is 0 Å². The minimum Gasteiger partial charge on any atom is -0.314 e. The van der Waals surface area contributed by atoms with Gasteiger partial charge in [-0.25, -0.2) is 4.39 Å². The molecule has 1 aromatic carbocycles. The molecular weight excluding hydrogens is 261 g/mol. The van der Waals surface area contributed by atoms with E-state index in [1.807, 2.05) is 0 Å². The van der Waals surface area contributed by atoms with Crippen molar-refractivity contribution in [2.75, 3.05) is 6.54 Å². The molecule has 0 aromatic heterocycles. The van der Waals surface area contributed by atoms with Crippen LogP contribution in [0.4, 0.5) is 4.39 Å². The van der Waals surface area contributed by atoms with Crippen LogP contribution in [-0.2, 0) is 10.8 Å². The highest BCUT2D eigenvalue weighted by Gasteiger charge is 2.26. The van der Waals surface area contributed by atoms with Gasteiger partial charge in [0.15, 0.2) is 0 Å². The van der Waals surface area contributed by atoms with Crippen LogP contribution >= 0.6 is 0 Å². The van der Waals surface area contributed by atoms with E-state index in [9.17, 15) is 8.60 Å². The van der Waals surface area contributed by atoms with Crippen LogP contribution in [0.15, 0.2) is 29.2 Å². The van der Waals surface area contributed by atoms with E-state index < -0.39 is 10.8 Å². The highest BCUT2D eigenvalue weighted by molar-refractivity contribution is 7.85. The molecule has 2 rings (SSSR count). The summed E-state index contributed by atoms with van der Waals surface area (Å²) in [6.45, 7) is 3.17. The van der Waals surface area contributed by atoms with Crippen molar-refractivity contribution in [3.63, 3.8) is 0 Å². The average Bonchev–Trinajstić information content (AvgIpc) is 2.44. The molecule has 0 saturated heterocycles. The Hall–Kier alpha value is -0.740. The lowest BCUT2D eigenvalue weighted by atomic mass is 9.95. The van der Waals surface area contributed by atoms with E-state index in [1.54, 1.807) is 12.1 Å². The standard InChI is InChI=1S/C15H22FNOS/c1-2-9-17-13-6-4-8-15(11-13)19(18)14-7-3-5-12(16)10-14/h3,5,7,10,13,15,17H,2,4,6,8-9,11H2,1H3. The van der Waals surface area contributed by atoms with Gasteiger partial charge >= 0.3 is 0 Å². The summed E-state index contributed by atoms with van der Waals surface area (Å²) in [5.74, 6) is -0.303. The fourth-order valence-corrected chi connectivity index (χ4v) is 4.27. The molecule has 1 aliphatic rings. The van der Waals surface area contributed by atoms with Gasteiger partial charge in [0.05, 0.1) is 10.8 Å². The van der Waals surface area contributed by atoms with E-state index in [1.165, 1.54) is 12.1 Å². The normalized spacial score (nSPS) is 25.2. The van der Waals surface area contributed by atoms with Gasteiger partial charge in [0.25, 0.3) is 0 Å². The van der Waals surface area contributed by atoms with E-state index in [4.69, 9.17) is 0 Å². The summed E-state index contributed by atoms with van der Waals surface area (Å²) in [5, 5.41) is 3.67. The van der Waals surface area contributed by atoms with Crippen LogP contribution in [0.3, 0.4) is 0 Å². The Morgan fingerprint density at radius 2 is 2.26 bits per heavy atom. The maximum Gasteiger partial charge on any atom is 0.124 e. The number of halogens is 1. The zero-order valence-electron chi connectivity index (χ0n) is 11.4. The molecule has 4 heteroatoms. The Morgan fingerprint density at radius 1 is 1.42 bits per heavy atom. The molecule has 0 aliphatic heterocycles. The number of rotatable bonds is 5. The lowest BCUT2D eigenvalue weighted by Gasteiger charge is -2.29. The maximum atomic E-state index is 13.2. The SMILES string of the molecule is CCCNC1CCCC(S(=O)c2cccc(F)c2)C1. The first-order valence-corrected chi connectivity index (χ1v) is 8.31. The Morgan fingerprint density at radius 3 is 3.00 bits per heavy atom. The van der Waals surface area contributed by atoms with E-state index in [0.717, 1.165) is 38.6 Å². The number of hydrogen-bond donors (Lipinski definition) is 1. The molecular formula is C15H22FNOS. The third-order valence-corrected chi connectivity index (χ3v) is 5.39. The molecule has 1 saturated carbocycles. The molecule has 106 valence electrons. The minimum atomic E-state index is -1.09. The molecule has 0 heterocycles. The lowest BCUT2D eigenvalue weighted by Crippen LogP contribution is -2.37. The predicted octanol–water partition coefficient (Wildman–Crippen LogP) is 3.24. The summed E-state index contributed by atoms with van der Waals surface area (Å²) in [5.41, 5.74) is 0. The first-order valence-electron chi connectivity index (χ1n) is 7.10. The molecule has 3 atom stereocenters. The van der Waals surface area contributed by atoms with Gasteiger partial charge in [-0.05, 0) is 50.4 Å². The van der Waals surface area contributed by atoms with E-state index in [0.29, 0.717) is 10.9 Å². The summed E-state index contributed by atoms with van der Waals surface area (Å²) >= 11 is 0. The second-order valence-electron chi connectivity index (χ2n) is 5.19. The van der Waals surface area contributed by atoms with Gasteiger partial charge in [-0.2, -0.15) is 0 Å². The van der Waals surface area contributed by atoms with Crippen molar-refractivity contribution in [1.82, 2.24) is 5.32 Å². The van der Waals surface area contributed by atoms with Crippen molar-refractivity contribution in [2.24, 2.45) is 0 Å². The van der Waals surface area contributed by atoms with Gasteiger partial charge in [-0.3, -0.25) is 4.21 Å². The maximum absolute atomic E-state index is 13.2. The molecule has 2 nitrogen and oxygen atoms in total. The van der Waals surface area contributed by atoms with Gasteiger partial charge in [0.2, 0.25) is 0 Å². The zero-order chi connectivity index (χ0) is 13.7. The second kappa shape index (κ2) is 7.15. The molecule has 0 amide bonds. The van der Waals surface area contributed by atoms with Crippen molar-refractivity contribution >= 4 is 10.8 Å². The smallest absolute Gasteiger partial charge is 0.124 e. The molecule has 1 aliphatic carbocycles. The summed E-state index contributed by atoms with van der Waals surface area (Å²) < 4.78 is 25.7.